The smallest absolute Gasteiger partial charge is 0.220 e. The molecule has 1 aromatic heterocycles. The summed E-state index contributed by atoms with van der Waals surface area (Å²) in [6.07, 6.45) is 4.84. The Morgan fingerprint density at radius 1 is 1.67 bits per heavy atom. The molecule has 2 heterocycles. The Hall–Kier alpha value is -1.40. The number of carbonyl (C=O) groups is 1. The number of nitrogens with one attached hydrogen (secondary N) is 2. The zero-order valence-electron chi connectivity index (χ0n) is 10.8. The molecule has 1 aromatic rings. The maximum absolute atomic E-state index is 11.8. The van der Waals surface area contributed by atoms with Crippen molar-refractivity contribution in [1.82, 2.24) is 20.4 Å². The molecule has 0 bridgehead atoms. The topological polar surface area (TPSA) is 70.2 Å². The molecule has 0 aromatic carbocycles. The lowest BCUT2D eigenvalue weighted by molar-refractivity contribution is -0.122. The molecule has 0 radical (unpaired) electrons. The maximum atomic E-state index is 11.8. The van der Waals surface area contributed by atoms with Gasteiger partial charge in [-0.15, -0.1) is 0 Å². The standard InChI is InChI=1S/C12H20N4O2/c1-16-7-10(11(8-16)18-2)15-12(17)4-3-9-5-13-14-6-9/h5-6,10-11H,3-4,7-8H2,1-2H3,(H,13,14)(H,15,17)/t10-,11-/m0/s1. The summed E-state index contributed by atoms with van der Waals surface area (Å²) in [7, 11) is 3.72. The van der Waals surface area contributed by atoms with Crippen LogP contribution in [0.15, 0.2) is 12.4 Å². The fourth-order valence-electron chi connectivity index (χ4n) is 2.29. The first-order valence-corrected chi connectivity index (χ1v) is 6.17. The molecule has 1 saturated heterocycles. The summed E-state index contributed by atoms with van der Waals surface area (Å²) in [6.45, 7) is 1.71. The minimum Gasteiger partial charge on any atom is -0.378 e. The first-order chi connectivity index (χ1) is 8.69. The van der Waals surface area contributed by atoms with E-state index >= 15 is 0 Å². The van der Waals surface area contributed by atoms with Crippen LogP contribution in [0.2, 0.25) is 0 Å². The highest BCUT2D eigenvalue weighted by atomic mass is 16.5. The van der Waals surface area contributed by atoms with Crippen molar-refractivity contribution in [3.8, 4) is 0 Å². The lowest BCUT2D eigenvalue weighted by Crippen LogP contribution is -2.43. The van der Waals surface area contributed by atoms with E-state index < -0.39 is 0 Å². The van der Waals surface area contributed by atoms with Gasteiger partial charge < -0.3 is 15.0 Å². The van der Waals surface area contributed by atoms with E-state index in [1.54, 1.807) is 13.3 Å². The van der Waals surface area contributed by atoms with Crippen molar-refractivity contribution in [3.05, 3.63) is 18.0 Å². The minimum atomic E-state index is 0.0681. The molecule has 6 heteroatoms. The van der Waals surface area contributed by atoms with Crippen molar-refractivity contribution in [2.45, 2.75) is 25.0 Å². The Morgan fingerprint density at radius 2 is 2.50 bits per heavy atom. The second-order valence-electron chi connectivity index (χ2n) is 4.78. The number of likely N-dealkylation sites (N-methyl/N-ethyl adjacent to an activating group) is 1. The third kappa shape index (κ3) is 3.30. The zero-order valence-corrected chi connectivity index (χ0v) is 10.8. The van der Waals surface area contributed by atoms with E-state index in [2.05, 4.69) is 20.4 Å². The summed E-state index contributed by atoms with van der Waals surface area (Å²) in [6, 6.07) is 0.0943. The molecule has 1 fully saturated rings. The molecule has 1 aliphatic heterocycles. The van der Waals surface area contributed by atoms with Gasteiger partial charge in [0.2, 0.25) is 5.91 Å². The van der Waals surface area contributed by atoms with E-state index in [0.717, 1.165) is 18.7 Å². The number of methoxy groups -OCH3 is 1. The van der Waals surface area contributed by atoms with Gasteiger partial charge in [-0.05, 0) is 19.0 Å². The van der Waals surface area contributed by atoms with Crippen molar-refractivity contribution in [1.29, 1.82) is 0 Å². The summed E-state index contributed by atoms with van der Waals surface area (Å²) in [5.74, 6) is 0.0681. The fraction of sp³-hybridized carbons (Fsp3) is 0.667. The van der Waals surface area contributed by atoms with Gasteiger partial charge in [0, 0.05) is 32.8 Å². The van der Waals surface area contributed by atoms with Crippen LogP contribution in [-0.4, -0.2) is 60.4 Å². The Bertz CT molecular complexity index is 379. The van der Waals surface area contributed by atoms with Crippen LogP contribution in [-0.2, 0) is 16.0 Å². The quantitative estimate of drug-likeness (QED) is 0.760. The van der Waals surface area contributed by atoms with E-state index in [-0.39, 0.29) is 18.1 Å². The molecule has 2 N–H and O–H groups in total. The fourth-order valence-corrected chi connectivity index (χ4v) is 2.29. The summed E-state index contributed by atoms with van der Waals surface area (Å²) in [5, 5.41) is 9.63. The van der Waals surface area contributed by atoms with Gasteiger partial charge in [0.05, 0.1) is 18.3 Å². The van der Waals surface area contributed by atoms with Gasteiger partial charge in [-0.3, -0.25) is 9.89 Å². The van der Waals surface area contributed by atoms with E-state index in [1.165, 1.54) is 0 Å². The van der Waals surface area contributed by atoms with Crippen LogP contribution >= 0.6 is 0 Å². The monoisotopic (exact) mass is 252 g/mol. The number of H-pyrrole nitrogens is 1. The third-order valence-corrected chi connectivity index (χ3v) is 3.29. The Labute approximate surface area is 107 Å². The number of likely N-dealkylation sites (tertiary alicyclic amines) is 1. The molecule has 0 saturated carbocycles. The van der Waals surface area contributed by atoms with Crippen LogP contribution in [0.25, 0.3) is 0 Å². The zero-order chi connectivity index (χ0) is 13.0. The molecule has 6 nitrogen and oxygen atoms in total. The maximum Gasteiger partial charge on any atom is 0.220 e. The summed E-state index contributed by atoms with van der Waals surface area (Å²) < 4.78 is 5.37. The number of hydrogen-bond acceptors (Lipinski definition) is 4. The number of amides is 1. The number of rotatable bonds is 5. The van der Waals surface area contributed by atoms with Gasteiger partial charge >= 0.3 is 0 Å². The summed E-state index contributed by atoms with van der Waals surface area (Å²) in [5.41, 5.74) is 1.05. The van der Waals surface area contributed by atoms with Crippen LogP contribution in [0.1, 0.15) is 12.0 Å². The van der Waals surface area contributed by atoms with Crippen LogP contribution < -0.4 is 5.32 Å². The number of hydrogen-bond donors (Lipinski definition) is 2. The van der Waals surface area contributed by atoms with Gasteiger partial charge in [0.25, 0.3) is 0 Å². The number of carbonyl (C=O) groups excluding carboxylic acids is 1. The first-order valence-electron chi connectivity index (χ1n) is 6.17. The molecule has 2 rings (SSSR count). The van der Waals surface area contributed by atoms with Crippen LogP contribution in [0.3, 0.4) is 0 Å². The molecular formula is C12H20N4O2. The van der Waals surface area contributed by atoms with Crippen LogP contribution in [0.4, 0.5) is 0 Å². The second kappa shape index (κ2) is 5.97. The highest BCUT2D eigenvalue weighted by Gasteiger charge is 2.31. The number of aryl methyl sites for hydroxylation is 1. The van der Waals surface area contributed by atoms with E-state index in [0.29, 0.717) is 12.8 Å². The summed E-state index contributed by atoms with van der Waals surface area (Å²) in [4.78, 5) is 14.0. The Morgan fingerprint density at radius 3 is 3.17 bits per heavy atom. The van der Waals surface area contributed by atoms with Crippen molar-refractivity contribution in [2.75, 3.05) is 27.2 Å². The van der Waals surface area contributed by atoms with Gasteiger partial charge in [-0.25, -0.2) is 0 Å². The largest absolute Gasteiger partial charge is 0.378 e. The highest BCUT2D eigenvalue weighted by Crippen LogP contribution is 2.11. The average Bonchev–Trinajstić information content (AvgIpc) is 2.96. The third-order valence-electron chi connectivity index (χ3n) is 3.29. The van der Waals surface area contributed by atoms with Crippen molar-refractivity contribution in [3.63, 3.8) is 0 Å². The van der Waals surface area contributed by atoms with E-state index in [9.17, 15) is 4.79 Å². The molecule has 2 atom stereocenters. The predicted octanol–water partition coefficient (Wildman–Crippen LogP) is -0.212. The van der Waals surface area contributed by atoms with Crippen molar-refractivity contribution < 1.29 is 9.53 Å². The minimum absolute atomic E-state index is 0.0681. The van der Waals surface area contributed by atoms with Gasteiger partial charge in [0.15, 0.2) is 0 Å². The van der Waals surface area contributed by atoms with Crippen molar-refractivity contribution >= 4 is 5.91 Å². The number of aromatic nitrogens is 2. The molecule has 0 unspecified atom stereocenters. The van der Waals surface area contributed by atoms with E-state index in [1.807, 2.05) is 13.2 Å². The lowest BCUT2D eigenvalue weighted by atomic mass is 10.1. The lowest BCUT2D eigenvalue weighted by Gasteiger charge is -2.18. The van der Waals surface area contributed by atoms with Gasteiger partial charge in [-0.2, -0.15) is 5.10 Å². The number of aromatic amines is 1. The molecule has 100 valence electrons. The Kier molecular flexibility index (Phi) is 4.33. The Balaban J connectivity index is 1.76. The van der Waals surface area contributed by atoms with E-state index in [4.69, 9.17) is 4.74 Å². The van der Waals surface area contributed by atoms with Crippen LogP contribution in [0.5, 0.6) is 0 Å². The SMILES string of the molecule is CO[C@H]1CN(C)C[C@@H]1NC(=O)CCc1cn[nH]c1. The number of ether oxygens (including phenoxy) is 1. The summed E-state index contributed by atoms with van der Waals surface area (Å²) >= 11 is 0. The molecule has 0 aliphatic carbocycles. The van der Waals surface area contributed by atoms with Crippen LogP contribution in [0, 0.1) is 0 Å². The van der Waals surface area contributed by atoms with Crippen molar-refractivity contribution in [2.24, 2.45) is 0 Å². The normalized spacial score (nSPS) is 24.3. The predicted molar refractivity (Wildman–Crippen MR) is 67.1 cm³/mol. The molecule has 1 amide bonds. The molecular weight excluding hydrogens is 232 g/mol. The molecule has 18 heavy (non-hydrogen) atoms. The van der Waals surface area contributed by atoms with Gasteiger partial charge in [0.1, 0.15) is 0 Å². The average molecular weight is 252 g/mol. The highest BCUT2D eigenvalue weighted by molar-refractivity contribution is 5.76. The molecule has 1 aliphatic rings. The molecule has 0 spiro atoms. The first kappa shape index (κ1) is 13.0. The van der Waals surface area contributed by atoms with Gasteiger partial charge in [-0.1, -0.05) is 0 Å². The second-order valence-corrected chi connectivity index (χ2v) is 4.78. The number of nitrogens with zero attached hydrogens (tertiary/aromatic N) is 2.